The number of carbonyl (C=O) groups excluding carboxylic acids is 1. The number of aliphatic hydroxyl groups is 2. The molecule has 0 bridgehead atoms. The number of H-pyrrole nitrogens is 1. The van der Waals surface area contributed by atoms with E-state index in [4.69, 9.17) is 0 Å². The maximum atomic E-state index is 12.5. The fourth-order valence-electron chi connectivity index (χ4n) is 3.27. The first-order valence-corrected chi connectivity index (χ1v) is 8.66. The number of rotatable bonds is 5. The first-order chi connectivity index (χ1) is 13.1. The van der Waals surface area contributed by atoms with Crippen LogP contribution in [-0.4, -0.2) is 49.9 Å². The predicted molar refractivity (Wildman–Crippen MR) is 103 cm³/mol. The lowest BCUT2D eigenvalue weighted by atomic mass is 10.1. The summed E-state index contributed by atoms with van der Waals surface area (Å²) in [7, 11) is 1.96. The number of aliphatic hydroxyl groups excluding tert-OH is 2. The van der Waals surface area contributed by atoms with Crippen molar-refractivity contribution in [2.24, 2.45) is 7.05 Å². The summed E-state index contributed by atoms with van der Waals surface area (Å²) in [6.07, 6.45) is 3.76. The molecule has 0 saturated heterocycles. The van der Waals surface area contributed by atoms with E-state index in [2.05, 4.69) is 15.3 Å². The zero-order valence-corrected chi connectivity index (χ0v) is 14.8. The van der Waals surface area contributed by atoms with Gasteiger partial charge in [0.2, 0.25) is 0 Å². The molecule has 0 radical (unpaired) electrons. The number of hydrogen-bond donors (Lipinski definition) is 4. The van der Waals surface area contributed by atoms with Gasteiger partial charge in [0.1, 0.15) is 5.65 Å². The zero-order valence-electron chi connectivity index (χ0n) is 14.8. The summed E-state index contributed by atoms with van der Waals surface area (Å²) >= 11 is 0. The van der Waals surface area contributed by atoms with Crippen molar-refractivity contribution in [2.75, 3.05) is 13.2 Å². The minimum absolute atomic E-state index is 0.316. The summed E-state index contributed by atoms with van der Waals surface area (Å²) in [5.41, 5.74) is 4.17. The first-order valence-electron chi connectivity index (χ1n) is 8.66. The summed E-state index contributed by atoms with van der Waals surface area (Å²) < 4.78 is 2.01. The molecule has 0 spiro atoms. The fraction of sp³-hybridized carbons (Fsp3) is 0.200. The van der Waals surface area contributed by atoms with Gasteiger partial charge in [0.25, 0.3) is 5.91 Å². The Hall–Kier alpha value is -3.16. The molecule has 4 rings (SSSR count). The SMILES string of the molecule is Cn1cc(-c2cc3cccnc3[nH]2)c2cc(C(=O)NC(CO)CO)ccc21. The number of hydrogen-bond acceptors (Lipinski definition) is 4. The van der Waals surface area contributed by atoms with Gasteiger partial charge in [-0.15, -0.1) is 0 Å². The standard InChI is InChI=1S/C20H20N4O3/c1-24-9-16(17-8-12-3-2-6-21-19(12)23-17)15-7-13(4-5-18(15)24)20(27)22-14(10-25)11-26/h2-9,14,25-26H,10-11H2,1H3,(H,21,23)(H,22,27). The van der Waals surface area contributed by atoms with Crippen molar-refractivity contribution in [3.8, 4) is 11.3 Å². The lowest BCUT2D eigenvalue weighted by Crippen LogP contribution is -2.40. The van der Waals surface area contributed by atoms with E-state index in [1.807, 2.05) is 48.1 Å². The molecule has 0 aliphatic rings. The quantitative estimate of drug-likeness (QED) is 0.434. The molecule has 0 saturated carbocycles. The summed E-state index contributed by atoms with van der Waals surface area (Å²) in [6, 6.07) is 10.7. The number of aryl methyl sites for hydroxylation is 1. The van der Waals surface area contributed by atoms with E-state index in [9.17, 15) is 15.0 Å². The fourth-order valence-corrected chi connectivity index (χ4v) is 3.27. The van der Waals surface area contributed by atoms with Crippen molar-refractivity contribution in [1.29, 1.82) is 0 Å². The molecule has 138 valence electrons. The maximum Gasteiger partial charge on any atom is 0.251 e. The van der Waals surface area contributed by atoms with Gasteiger partial charge in [-0.25, -0.2) is 4.98 Å². The second-order valence-corrected chi connectivity index (χ2v) is 6.55. The number of pyridine rings is 1. The molecule has 27 heavy (non-hydrogen) atoms. The zero-order chi connectivity index (χ0) is 19.0. The van der Waals surface area contributed by atoms with Crippen LogP contribution in [0, 0.1) is 0 Å². The highest BCUT2D eigenvalue weighted by molar-refractivity contribution is 6.03. The minimum atomic E-state index is -0.678. The second kappa shape index (κ2) is 6.86. The van der Waals surface area contributed by atoms with Gasteiger partial charge in [-0.3, -0.25) is 4.79 Å². The van der Waals surface area contributed by atoms with Crippen molar-refractivity contribution in [1.82, 2.24) is 19.9 Å². The van der Waals surface area contributed by atoms with Crippen LogP contribution >= 0.6 is 0 Å². The van der Waals surface area contributed by atoms with Crippen LogP contribution in [0.3, 0.4) is 0 Å². The Kier molecular flexibility index (Phi) is 4.39. The van der Waals surface area contributed by atoms with Crippen molar-refractivity contribution >= 4 is 27.8 Å². The monoisotopic (exact) mass is 364 g/mol. The summed E-state index contributed by atoms with van der Waals surface area (Å²) in [4.78, 5) is 20.1. The molecule has 4 aromatic rings. The molecule has 0 fully saturated rings. The minimum Gasteiger partial charge on any atom is -0.394 e. The Morgan fingerprint density at radius 2 is 2.07 bits per heavy atom. The van der Waals surface area contributed by atoms with E-state index in [1.54, 1.807) is 12.3 Å². The molecular formula is C20H20N4O3. The number of fused-ring (bicyclic) bond motifs is 2. The third-order valence-corrected chi connectivity index (χ3v) is 4.71. The van der Waals surface area contributed by atoms with Gasteiger partial charge >= 0.3 is 0 Å². The number of nitrogens with zero attached hydrogens (tertiary/aromatic N) is 2. The van der Waals surface area contributed by atoms with Crippen molar-refractivity contribution in [3.05, 3.63) is 54.4 Å². The van der Waals surface area contributed by atoms with Gasteiger partial charge in [0.05, 0.1) is 19.3 Å². The van der Waals surface area contributed by atoms with Crippen molar-refractivity contribution in [3.63, 3.8) is 0 Å². The van der Waals surface area contributed by atoms with Gasteiger partial charge in [-0.2, -0.15) is 0 Å². The molecule has 7 heteroatoms. The van der Waals surface area contributed by atoms with Crippen molar-refractivity contribution in [2.45, 2.75) is 6.04 Å². The maximum absolute atomic E-state index is 12.5. The molecule has 0 unspecified atom stereocenters. The average Bonchev–Trinajstić information content (AvgIpc) is 3.26. The van der Waals surface area contributed by atoms with E-state index in [0.717, 1.165) is 33.2 Å². The molecule has 1 aromatic carbocycles. The van der Waals surface area contributed by atoms with Gasteiger partial charge in [0, 0.05) is 52.6 Å². The average molecular weight is 364 g/mol. The predicted octanol–water partition coefficient (Wildman–Crippen LogP) is 1.80. The lowest BCUT2D eigenvalue weighted by Gasteiger charge is -2.13. The molecule has 4 N–H and O–H groups in total. The first kappa shape index (κ1) is 17.3. The lowest BCUT2D eigenvalue weighted by molar-refractivity contribution is 0.0879. The van der Waals surface area contributed by atoms with Gasteiger partial charge in [-0.05, 0) is 36.4 Å². The third-order valence-electron chi connectivity index (χ3n) is 4.71. The normalized spacial score (nSPS) is 11.6. The van der Waals surface area contributed by atoms with Crippen molar-refractivity contribution < 1.29 is 15.0 Å². The van der Waals surface area contributed by atoms with Crippen LogP contribution in [-0.2, 0) is 7.05 Å². The highest BCUT2D eigenvalue weighted by Crippen LogP contribution is 2.32. The van der Waals surface area contributed by atoms with Gasteiger partial charge < -0.3 is 25.1 Å². The number of nitrogens with one attached hydrogen (secondary N) is 2. The molecule has 1 amide bonds. The highest BCUT2D eigenvalue weighted by Gasteiger charge is 2.16. The van der Waals surface area contributed by atoms with Crippen LogP contribution in [0.4, 0.5) is 0 Å². The number of carbonyl (C=O) groups is 1. The van der Waals surface area contributed by atoms with Crippen LogP contribution in [0.25, 0.3) is 33.2 Å². The van der Waals surface area contributed by atoms with E-state index in [1.165, 1.54) is 0 Å². The van der Waals surface area contributed by atoms with E-state index < -0.39 is 6.04 Å². The Morgan fingerprint density at radius 1 is 1.26 bits per heavy atom. The molecular weight excluding hydrogens is 344 g/mol. The van der Waals surface area contributed by atoms with Crippen LogP contribution in [0.15, 0.2) is 48.8 Å². The molecule has 0 aliphatic heterocycles. The summed E-state index contributed by atoms with van der Waals surface area (Å²) in [5.74, 6) is -0.335. The molecule has 0 aliphatic carbocycles. The molecule has 0 atom stereocenters. The highest BCUT2D eigenvalue weighted by atomic mass is 16.3. The molecule has 3 heterocycles. The molecule has 7 nitrogen and oxygen atoms in total. The number of aromatic nitrogens is 3. The number of aromatic amines is 1. The summed E-state index contributed by atoms with van der Waals surface area (Å²) in [6.45, 7) is -0.633. The Balaban J connectivity index is 1.78. The van der Waals surface area contributed by atoms with Crippen LogP contribution in [0.5, 0.6) is 0 Å². The largest absolute Gasteiger partial charge is 0.394 e. The van der Waals surface area contributed by atoms with Gasteiger partial charge in [0.15, 0.2) is 0 Å². The summed E-state index contributed by atoms with van der Waals surface area (Å²) in [5, 5.41) is 22.9. The Morgan fingerprint density at radius 3 is 2.81 bits per heavy atom. The van der Waals surface area contributed by atoms with Gasteiger partial charge in [-0.1, -0.05) is 0 Å². The smallest absolute Gasteiger partial charge is 0.251 e. The van der Waals surface area contributed by atoms with Crippen LogP contribution in [0.2, 0.25) is 0 Å². The molecule has 3 aromatic heterocycles. The van der Waals surface area contributed by atoms with E-state index in [-0.39, 0.29) is 19.1 Å². The van der Waals surface area contributed by atoms with Crippen LogP contribution in [0.1, 0.15) is 10.4 Å². The van der Waals surface area contributed by atoms with Crippen LogP contribution < -0.4 is 5.32 Å². The number of benzene rings is 1. The van der Waals surface area contributed by atoms with E-state index >= 15 is 0 Å². The third kappa shape index (κ3) is 3.07. The number of amides is 1. The van der Waals surface area contributed by atoms with E-state index in [0.29, 0.717) is 5.56 Å². The Labute approximate surface area is 155 Å². The topological polar surface area (TPSA) is 103 Å². The Bertz CT molecular complexity index is 1090. The second-order valence-electron chi connectivity index (χ2n) is 6.55.